The highest BCUT2D eigenvalue weighted by Crippen LogP contribution is 2.35. The molecule has 1 atom stereocenters. The summed E-state index contributed by atoms with van der Waals surface area (Å²) in [4.78, 5) is 18.6. The fraction of sp³-hybridized carbons (Fsp3) is 0.448. The van der Waals surface area contributed by atoms with Gasteiger partial charge in [-0.1, -0.05) is 26.3 Å². The van der Waals surface area contributed by atoms with Crippen LogP contribution in [0.5, 0.6) is 17.2 Å². The Morgan fingerprint density at radius 3 is 2.69 bits per heavy atom. The molecule has 1 aliphatic heterocycles. The molecular weight excluding hydrogens is 496 g/mol. The molecule has 5 rings (SSSR count). The maximum atomic E-state index is 13.3. The molecule has 206 valence electrons. The highest BCUT2D eigenvalue weighted by molar-refractivity contribution is 5.80. The molecule has 10 nitrogen and oxygen atoms in total. The maximum absolute atomic E-state index is 13.3. The standard InChI is InChI=1S/C29H36N6O4/c1-6-8-24(27-31-32-33-35(27)29(3,4)7-2)34(16-19-9-12-25-26(13-19)39-18-38-25)17-21-14-20-10-11-22(37-5)15-23(20)30-28(21)36/h9-15,24H,6-8,16-18H2,1-5H3,(H,30,36)/t24-/m0/s1. The number of tetrazole rings is 1. The van der Waals surface area contributed by atoms with Crippen molar-refractivity contribution in [3.8, 4) is 17.2 Å². The van der Waals surface area contributed by atoms with Gasteiger partial charge in [-0.25, -0.2) is 4.68 Å². The first kappa shape index (κ1) is 26.7. The van der Waals surface area contributed by atoms with E-state index in [1.165, 1.54) is 0 Å². The third-order valence-corrected chi connectivity index (χ3v) is 7.56. The number of ether oxygens (including phenoxy) is 3. The van der Waals surface area contributed by atoms with Crippen molar-refractivity contribution < 1.29 is 14.2 Å². The fourth-order valence-electron chi connectivity index (χ4n) is 4.97. The van der Waals surface area contributed by atoms with Crippen molar-refractivity contribution in [3.63, 3.8) is 0 Å². The fourth-order valence-corrected chi connectivity index (χ4v) is 4.97. The van der Waals surface area contributed by atoms with E-state index in [9.17, 15) is 4.79 Å². The molecule has 0 unspecified atom stereocenters. The minimum Gasteiger partial charge on any atom is -0.497 e. The lowest BCUT2D eigenvalue weighted by Crippen LogP contribution is -2.36. The quantitative estimate of drug-likeness (QED) is 0.289. The van der Waals surface area contributed by atoms with Crippen molar-refractivity contribution in [1.82, 2.24) is 30.1 Å². The van der Waals surface area contributed by atoms with E-state index in [0.29, 0.717) is 24.4 Å². The Balaban J connectivity index is 1.57. The van der Waals surface area contributed by atoms with E-state index < -0.39 is 0 Å². The van der Waals surface area contributed by atoms with Crippen LogP contribution in [0.15, 0.2) is 47.3 Å². The number of benzene rings is 2. The average molecular weight is 533 g/mol. The van der Waals surface area contributed by atoms with Gasteiger partial charge in [0.1, 0.15) is 5.75 Å². The van der Waals surface area contributed by atoms with E-state index in [-0.39, 0.29) is 23.9 Å². The van der Waals surface area contributed by atoms with Gasteiger partial charge in [0, 0.05) is 24.7 Å². The Hall–Kier alpha value is -3.92. The number of rotatable bonds is 11. The zero-order chi connectivity index (χ0) is 27.6. The van der Waals surface area contributed by atoms with Crippen LogP contribution in [-0.2, 0) is 18.6 Å². The van der Waals surface area contributed by atoms with Crippen molar-refractivity contribution in [3.05, 3.63) is 69.8 Å². The van der Waals surface area contributed by atoms with Crippen LogP contribution in [0.1, 0.15) is 70.0 Å². The lowest BCUT2D eigenvalue weighted by Gasteiger charge is -2.33. The molecule has 1 aliphatic rings. The topological polar surface area (TPSA) is 107 Å². The smallest absolute Gasteiger partial charge is 0.252 e. The van der Waals surface area contributed by atoms with E-state index >= 15 is 0 Å². The Kier molecular flexibility index (Phi) is 7.56. The van der Waals surface area contributed by atoms with Gasteiger partial charge in [-0.3, -0.25) is 9.69 Å². The van der Waals surface area contributed by atoms with Crippen LogP contribution in [0.25, 0.3) is 10.9 Å². The third kappa shape index (κ3) is 5.47. The first-order chi connectivity index (χ1) is 18.8. The Labute approximate surface area is 227 Å². The molecule has 2 aromatic heterocycles. The number of aromatic nitrogens is 5. The molecule has 0 amide bonds. The summed E-state index contributed by atoms with van der Waals surface area (Å²) in [5.74, 6) is 2.97. The highest BCUT2D eigenvalue weighted by atomic mass is 16.7. The second-order valence-corrected chi connectivity index (χ2v) is 10.6. The number of hydrogen-bond acceptors (Lipinski definition) is 8. The SMILES string of the molecule is CCC[C@@H](c1nnnn1C(C)(C)CC)N(Cc1ccc2c(c1)OCO2)Cc1cc2ccc(OC)cc2[nH]c1=O. The monoisotopic (exact) mass is 532 g/mol. The molecule has 0 bridgehead atoms. The second kappa shape index (κ2) is 11.1. The molecule has 0 aliphatic carbocycles. The number of hydrogen-bond donors (Lipinski definition) is 1. The normalized spacial score (nSPS) is 13.8. The first-order valence-electron chi connectivity index (χ1n) is 13.4. The maximum Gasteiger partial charge on any atom is 0.252 e. The molecule has 39 heavy (non-hydrogen) atoms. The summed E-state index contributed by atoms with van der Waals surface area (Å²) in [5.41, 5.74) is 2.08. The molecule has 4 aromatic rings. The van der Waals surface area contributed by atoms with Crippen molar-refractivity contribution in [2.24, 2.45) is 0 Å². The van der Waals surface area contributed by atoms with E-state index in [0.717, 1.165) is 53.1 Å². The molecule has 0 fully saturated rings. The molecule has 0 saturated carbocycles. The number of pyridine rings is 1. The van der Waals surface area contributed by atoms with E-state index in [1.54, 1.807) is 7.11 Å². The van der Waals surface area contributed by atoms with Gasteiger partial charge in [-0.15, -0.1) is 5.10 Å². The summed E-state index contributed by atoms with van der Waals surface area (Å²) in [6.07, 6.45) is 2.63. The zero-order valence-electron chi connectivity index (χ0n) is 23.2. The predicted octanol–water partition coefficient (Wildman–Crippen LogP) is 4.94. The van der Waals surface area contributed by atoms with E-state index in [2.05, 4.69) is 53.1 Å². The molecule has 0 radical (unpaired) electrons. The summed E-state index contributed by atoms with van der Waals surface area (Å²) < 4.78 is 18.4. The summed E-state index contributed by atoms with van der Waals surface area (Å²) in [6.45, 7) is 9.77. The van der Waals surface area contributed by atoms with Crippen LogP contribution in [0, 0.1) is 0 Å². The number of methoxy groups -OCH3 is 1. The molecular formula is C29H36N6O4. The van der Waals surface area contributed by atoms with Gasteiger partial charge in [0.15, 0.2) is 17.3 Å². The Morgan fingerprint density at radius 2 is 1.92 bits per heavy atom. The summed E-state index contributed by atoms with van der Waals surface area (Å²) in [5, 5.41) is 13.9. The lowest BCUT2D eigenvalue weighted by molar-refractivity contribution is 0.145. The van der Waals surface area contributed by atoms with Gasteiger partial charge < -0.3 is 19.2 Å². The van der Waals surface area contributed by atoms with Crippen molar-refractivity contribution in [2.75, 3.05) is 13.9 Å². The lowest BCUT2D eigenvalue weighted by atomic mass is 10.00. The first-order valence-corrected chi connectivity index (χ1v) is 13.4. The number of H-pyrrole nitrogens is 1. The van der Waals surface area contributed by atoms with E-state index in [1.807, 2.05) is 47.1 Å². The van der Waals surface area contributed by atoms with Crippen LogP contribution in [0.3, 0.4) is 0 Å². The molecule has 0 spiro atoms. The minimum absolute atomic E-state index is 0.118. The average Bonchev–Trinajstić information content (AvgIpc) is 3.61. The van der Waals surface area contributed by atoms with Crippen LogP contribution >= 0.6 is 0 Å². The molecule has 0 saturated heterocycles. The van der Waals surface area contributed by atoms with Crippen LogP contribution < -0.4 is 19.8 Å². The van der Waals surface area contributed by atoms with Gasteiger partial charge in [0.25, 0.3) is 5.56 Å². The number of fused-ring (bicyclic) bond motifs is 2. The molecule has 1 N–H and O–H groups in total. The Bertz CT molecular complexity index is 1510. The number of nitrogens with one attached hydrogen (secondary N) is 1. The minimum atomic E-state index is -0.255. The van der Waals surface area contributed by atoms with Gasteiger partial charge in [-0.2, -0.15) is 0 Å². The Morgan fingerprint density at radius 1 is 1.10 bits per heavy atom. The predicted molar refractivity (Wildman–Crippen MR) is 148 cm³/mol. The van der Waals surface area contributed by atoms with Crippen LogP contribution in [-0.4, -0.2) is 44.0 Å². The van der Waals surface area contributed by atoms with Crippen molar-refractivity contribution in [2.45, 2.75) is 71.6 Å². The third-order valence-electron chi connectivity index (χ3n) is 7.56. The van der Waals surface area contributed by atoms with Gasteiger partial charge >= 0.3 is 0 Å². The van der Waals surface area contributed by atoms with Gasteiger partial charge in [0.2, 0.25) is 6.79 Å². The largest absolute Gasteiger partial charge is 0.497 e. The zero-order valence-corrected chi connectivity index (χ0v) is 23.2. The number of aromatic amines is 1. The van der Waals surface area contributed by atoms with Crippen molar-refractivity contribution >= 4 is 10.9 Å². The summed E-state index contributed by atoms with van der Waals surface area (Å²) in [7, 11) is 1.61. The van der Waals surface area contributed by atoms with Gasteiger partial charge in [0.05, 0.1) is 24.2 Å². The van der Waals surface area contributed by atoms with Gasteiger partial charge in [-0.05, 0) is 78.4 Å². The molecule has 10 heteroatoms. The van der Waals surface area contributed by atoms with Crippen molar-refractivity contribution in [1.29, 1.82) is 0 Å². The van der Waals surface area contributed by atoms with Crippen LogP contribution in [0.2, 0.25) is 0 Å². The summed E-state index contributed by atoms with van der Waals surface area (Å²) in [6, 6.07) is 13.5. The molecule has 3 heterocycles. The number of nitrogens with zero attached hydrogens (tertiary/aromatic N) is 5. The van der Waals surface area contributed by atoms with E-state index in [4.69, 9.17) is 14.2 Å². The highest BCUT2D eigenvalue weighted by Gasteiger charge is 2.32. The summed E-state index contributed by atoms with van der Waals surface area (Å²) >= 11 is 0. The second-order valence-electron chi connectivity index (χ2n) is 10.6. The molecule has 2 aromatic carbocycles. The van der Waals surface area contributed by atoms with Crippen LogP contribution in [0.4, 0.5) is 0 Å².